The number of ether oxygens (including phenoxy) is 2. The second-order valence-corrected chi connectivity index (χ2v) is 7.04. The van der Waals surface area contributed by atoms with Crippen molar-refractivity contribution in [2.75, 3.05) is 20.2 Å². The number of aromatic nitrogens is 3. The van der Waals surface area contributed by atoms with Gasteiger partial charge in [0.05, 0.1) is 5.60 Å². The molecule has 0 radical (unpaired) electrons. The molecule has 25 heavy (non-hydrogen) atoms. The number of pyridine rings is 1. The van der Waals surface area contributed by atoms with Crippen molar-refractivity contribution in [3.63, 3.8) is 0 Å². The molecule has 3 heterocycles. The molecule has 1 aliphatic carbocycles. The van der Waals surface area contributed by atoms with Crippen molar-refractivity contribution in [3.05, 3.63) is 42.6 Å². The van der Waals surface area contributed by atoms with E-state index in [1.165, 1.54) is 0 Å². The van der Waals surface area contributed by atoms with Gasteiger partial charge in [0, 0.05) is 63.7 Å². The van der Waals surface area contributed by atoms with Crippen LogP contribution >= 0.6 is 0 Å². The molecule has 2 aliphatic rings. The van der Waals surface area contributed by atoms with Gasteiger partial charge in [-0.25, -0.2) is 9.97 Å². The first-order valence-corrected chi connectivity index (χ1v) is 9.14. The molecule has 6 nitrogen and oxygen atoms in total. The van der Waals surface area contributed by atoms with E-state index in [0.29, 0.717) is 6.04 Å². The number of methoxy groups -OCH3 is 1. The van der Waals surface area contributed by atoms with Gasteiger partial charge in [0.2, 0.25) is 5.88 Å². The number of nitrogens with zero attached hydrogens (tertiary/aromatic N) is 3. The standard InChI is InChI=1S/C19H26N4O2/c1-24-19-7-5-15(25-18-4-2-3-9-22-18)14-16(19)23(13-8-19)12-6-17-20-10-11-21-17/h2-4,9-11,15-16H,5-8,12-14H2,1H3,(H,20,21)/t15-,16-,19+/m0/s1. The highest BCUT2D eigenvalue weighted by atomic mass is 16.5. The van der Waals surface area contributed by atoms with E-state index < -0.39 is 0 Å². The maximum atomic E-state index is 6.14. The summed E-state index contributed by atoms with van der Waals surface area (Å²) in [6.07, 6.45) is 10.8. The van der Waals surface area contributed by atoms with Gasteiger partial charge in [-0.2, -0.15) is 0 Å². The fraction of sp³-hybridized carbons (Fsp3) is 0.579. The Morgan fingerprint density at radius 2 is 2.24 bits per heavy atom. The highest BCUT2D eigenvalue weighted by Gasteiger charge is 2.51. The number of hydrogen-bond donors (Lipinski definition) is 1. The summed E-state index contributed by atoms with van der Waals surface area (Å²) in [6, 6.07) is 6.21. The maximum absolute atomic E-state index is 6.14. The summed E-state index contributed by atoms with van der Waals surface area (Å²) in [4.78, 5) is 14.4. The molecule has 0 bridgehead atoms. The summed E-state index contributed by atoms with van der Waals surface area (Å²) in [5.41, 5.74) is -0.0207. The van der Waals surface area contributed by atoms with Crippen LogP contribution in [0.15, 0.2) is 36.8 Å². The zero-order valence-electron chi connectivity index (χ0n) is 14.7. The molecule has 1 N–H and O–H groups in total. The number of H-pyrrole nitrogens is 1. The van der Waals surface area contributed by atoms with Gasteiger partial charge >= 0.3 is 0 Å². The lowest BCUT2D eigenvalue weighted by atomic mass is 9.79. The lowest BCUT2D eigenvalue weighted by Gasteiger charge is -2.43. The van der Waals surface area contributed by atoms with Gasteiger partial charge in [0.15, 0.2) is 0 Å². The average molecular weight is 342 g/mol. The van der Waals surface area contributed by atoms with Crippen LogP contribution in [0.1, 0.15) is 31.5 Å². The summed E-state index contributed by atoms with van der Waals surface area (Å²) < 4.78 is 12.2. The molecule has 1 saturated heterocycles. The summed E-state index contributed by atoms with van der Waals surface area (Å²) in [7, 11) is 1.86. The fourth-order valence-electron chi connectivity index (χ4n) is 4.40. The SMILES string of the molecule is CO[C@@]12CC[C@H](Oc3ccccn3)C[C@@H]1N(CCc1ncc[nH]1)CC2. The van der Waals surface area contributed by atoms with E-state index in [9.17, 15) is 0 Å². The minimum atomic E-state index is -0.0207. The fourth-order valence-corrected chi connectivity index (χ4v) is 4.40. The minimum absolute atomic E-state index is 0.0207. The Morgan fingerprint density at radius 1 is 1.28 bits per heavy atom. The highest BCUT2D eigenvalue weighted by molar-refractivity contribution is 5.12. The van der Waals surface area contributed by atoms with Gasteiger partial charge in [-0.1, -0.05) is 6.07 Å². The Bertz CT molecular complexity index is 663. The minimum Gasteiger partial charge on any atom is -0.474 e. The predicted octanol–water partition coefficient (Wildman–Crippen LogP) is 2.44. The summed E-state index contributed by atoms with van der Waals surface area (Å²) in [6.45, 7) is 2.08. The van der Waals surface area contributed by atoms with Gasteiger partial charge in [-0.15, -0.1) is 0 Å². The molecule has 0 amide bonds. The zero-order valence-corrected chi connectivity index (χ0v) is 14.7. The normalized spacial score (nSPS) is 29.5. The van der Waals surface area contributed by atoms with E-state index in [-0.39, 0.29) is 11.7 Å². The lowest BCUT2D eigenvalue weighted by Crippen LogP contribution is -2.52. The van der Waals surface area contributed by atoms with Crippen LogP contribution in [-0.2, 0) is 11.2 Å². The van der Waals surface area contributed by atoms with Crippen molar-refractivity contribution in [2.24, 2.45) is 0 Å². The molecular weight excluding hydrogens is 316 g/mol. The number of aromatic amines is 1. The third-order valence-electron chi connectivity index (χ3n) is 5.77. The maximum Gasteiger partial charge on any atom is 0.213 e. The molecule has 0 aromatic carbocycles. The summed E-state index contributed by atoms with van der Waals surface area (Å²) in [5, 5.41) is 0. The van der Waals surface area contributed by atoms with Gasteiger partial charge < -0.3 is 14.5 Å². The van der Waals surface area contributed by atoms with E-state index in [1.54, 1.807) is 6.20 Å². The topological polar surface area (TPSA) is 63.3 Å². The first kappa shape index (κ1) is 16.5. The van der Waals surface area contributed by atoms with Crippen LogP contribution in [0.2, 0.25) is 0 Å². The number of rotatable bonds is 6. The number of hydrogen-bond acceptors (Lipinski definition) is 5. The molecule has 6 heteroatoms. The van der Waals surface area contributed by atoms with Crippen LogP contribution in [-0.4, -0.2) is 57.8 Å². The largest absolute Gasteiger partial charge is 0.474 e. The summed E-state index contributed by atoms with van der Waals surface area (Å²) in [5.74, 6) is 1.77. The van der Waals surface area contributed by atoms with Crippen molar-refractivity contribution in [3.8, 4) is 5.88 Å². The van der Waals surface area contributed by atoms with Gasteiger partial charge in [-0.3, -0.25) is 4.90 Å². The van der Waals surface area contributed by atoms with Crippen molar-refractivity contribution in [1.29, 1.82) is 0 Å². The molecule has 2 aromatic heterocycles. The Balaban J connectivity index is 1.42. The number of imidazole rings is 1. The van der Waals surface area contributed by atoms with Gasteiger partial charge in [-0.05, 0) is 25.3 Å². The Hall–Kier alpha value is -1.92. The first-order chi connectivity index (χ1) is 12.3. The van der Waals surface area contributed by atoms with Crippen LogP contribution in [0.5, 0.6) is 5.88 Å². The second kappa shape index (κ2) is 7.14. The quantitative estimate of drug-likeness (QED) is 0.873. The Morgan fingerprint density at radius 3 is 3.00 bits per heavy atom. The first-order valence-electron chi connectivity index (χ1n) is 9.14. The van der Waals surface area contributed by atoms with Crippen LogP contribution < -0.4 is 4.74 Å². The van der Waals surface area contributed by atoms with Crippen molar-refractivity contribution in [2.45, 2.75) is 49.9 Å². The molecule has 2 aromatic rings. The predicted molar refractivity (Wildman–Crippen MR) is 94.5 cm³/mol. The molecule has 3 atom stereocenters. The van der Waals surface area contributed by atoms with E-state index >= 15 is 0 Å². The molecular formula is C19H26N4O2. The molecule has 1 saturated carbocycles. The number of likely N-dealkylation sites (tertiary alicyclic amines) is 1. The average Bonchev–Trinajstić information content (AvgIpc) is 3.29. The highest BCUT2D eigenvalue weighted by Crippen LogP contribution is 2.43. The number of nitrogens with one attached hydrogen (secondary N) is 1. The van der Waals surface area contributed by atoms with Crippen LogP contribution in [0.25, 0.3) is 0 Å². The Kier molecular flexibility index (Phi) is 4.72. The molecule has 1 aliphatic heterocycles. The smallest absolute Gasteiger partial charge is 0.213 e. The Labute approximate surface area is 148 Å². The van der Waals surface area contributed by atoms with E-state index in [4.69, 9.17) is 9.47 Å². The number of fused-ring (bicyclic) bond motifs is 1. The summed E-state index contributed by atoms with van der Waals surface area (Å²) >= 11 is 0. The van der Waals surface area contributed by atoms with Crippen molar-refractivity contribution >= 4 is 0 Å². The molecule has 4 rings (SSSR count). The monoisotopic (exact) mass is 342 g/mol. The van der Waals surface area contributed by atoms with Crippen LogP contribution in [0.4, 0.5) is 0 Å². The van der Waals surface area contributed by atoms with Gasteiger partial charge in [0.1, 0.15) is 11.9 Å². The van der Waals surface area contributed by atoms with E-state index in [0.717, 1.165) is 56.9 Å². The zero-order chi connectivity index (χ0) is 17.1. The van der Waals surface area contributed by atoms with Crippen LogP contribution in [0.3, 0.4) is 0 Å². The molecule has 2 fully saturated rings. The van der Waals surface area contributed by atoms with E-state index in [1.807, 2.05) is 37.7 Å². The van der Waals surface area contributed by atoms with Crippen molar-refractivity contribution in [1.82, 2.24) is 19.9 Å². The lowest BCUT2D eigenvalue weighted by molar-refractivity contribution is -0.0830. The molecule has 0 spiro atoms. The van der Waals surface area contributed by atoms with Gasteiger partial charge in [0.25, 0.3) is 0 Å². The second-order valence-electron chi connectivity index (χ2n) is 7.04. The third kappa shape index (κ3) is 3.41. The molecule has 0 unspecified atom stereocenters. The molecule has 134 valence electrons. The van der Waals surface area contributed by atoms with Crippen molar-refractivity contribution < 1.29 is 9.47 Å². The third-order valence-corrected chi connectivity index (χ3v) is 5.77. The van der Waals surface area contributed by atoms with Crippen LogP contribution in [0, 0.1) is 0 Å². The van der Waals surface area contributed by atoms with E-state index in [2.05, 4.69) is 19.9 Å².